The van der Waals surface area contributed by atoms with Gasteiger partial charge in [0.25, 0.3) is 10.2 Å². The second kappa shape index (κ2) is 5.48. The Bertz CT molecular complexity index is 535. The highest BCUT2D eigenvalue weighted by molar-refractivity contribution is 7.86. The van der Waals surface area contributed by atoms with Crippen LogP contribution in [-0.2, 0) is 10.2 Å². The second-order valence-electron chi connectivity index (χ2n) is 5.02. The number of aryl methyl sites for hydroxylation is 1. The third-order valence-corrected chi connectivity index (χ3v) is 5.33. The molecule has 6 heteroatoms. The Morgan fingerprint density at radius 1 is 1.11 bits per heavy atom. The van der Waals surface area contributed by atoms with Crippen molar-refractivity contribution in [3.05, 3.63) is 29.8 Å². The highest BCUT2D eigenvalue weighted by atomic mass is 32.2. The third kappa shape index (κ3) is 3.08. The highest BCUT2D eigenvalue weighted by Crippen LogP contribution is 2.19. The molecule has 0 aromatic heterocycles. The minimum atomic E-state index is -3.27. The number of anilines is 1. The van der Waals surface area contributed by atoms with Crippen molar-refractivity contribution in [3.8, 4) is 0 Å². The van der Waals surface area contributed by atoms with Crippen molar-refractivity contribution in [1.82, 2.24) is 8.61 Å². The molecule has 1 aliphatic rings. The first-order chi connectivity index (χ1) is 8.91. The molecule has 0 spiro atoms. The summed E-state index contributed by atoms with van der Waals surface area (Å²) in [6, 6.07) is 8.31. The van der Waals surface area contributed by atoms with Crippen LogP contribution in [0.25, 0.3) is 0 Å². The van der Waals surface area contributed by atoms with Gasteiger partial charge in [0.2, 0.25) is 0 Å². The van der Waals surface area contributed by atoms with Crippen LogP contribution in [0.15, 0.2) is 24.3 Å². The lowest BCUT2D eigenvalue weighted by molar-refractivity contribution is 0.355. The summed E-state index contributed by atoms with van der Waals surface area (Å²) < 4.78 is 26.8. The molecule has 0 atom stereocenters. The van der Waals surface area contributed by atoms with Crippen molar-refractivity contribution < 1.29 is 8.42 Å². The fourth-order valence-corrected chi connectivity index (χ4v) is 3.32. The van der Waals surface area contributed by atoms with Crippen molar-refractivity contribution in [1.29, 1.82) is 0 Å². The predicted molar refractivity (Wildman–Crippen MR) is 77.6 cm³/mol. The molecule has 1 aromatic rings. The molecule has 1 aliphatic heterocycles. The highest BCUT2D eigenvalue weighted by Gasteiger charge is 2.28. The Labute approximate surface area is 115 Å². The summed E-state index contributed by atoms with van der Waals surface area (Å²) in [6.45, 7) is 4.60. The Kier molecular flexibility index (Phi) is 4.13. The quantitative estimate of drug-likeness (QED) is 0.829. The van der Waals surface area contributed by atoms with Gasteiger partial charge in [-0.1, -0.05) is 12.1 Å². The minimum absolute atomic E-state index is 0.536. The van der Waals surface area contributed by atoms with Gasteiger partial charge in [-0.25, -0.2) is 0 Å². The average Bonchev–Trinajstić information content (AvgIpc) is 2.38. The van der Waals surface area contributed by atoms with E-state index >= 15 is 0 Å². The van der Waals surface area contributed by atoms with Gasteiger partial charge in [0, 0.05) is 46.0 Å². The molecule has 0 bridgehead atoms. The average molecular weight is 283 g/mol. The van der Waals surface area contributed by atoms with Crippen molar-refractivity contribution in [2.45, 2.75) is 6.92 Å². The fraction of sp³-hybridized carbons (Fsp3) is 0.538. The smallest absolute Gasteiger partial charge is 0.281 e. The SMILES string of the molecule is Cc1cccc(N2CCN(S(=O)(=O)N(C)C)CC2)c1. The van der Waals surface area contributed by atoms with Gasteiger partial charge in [0.1, 0.15) is 0 Å². The van der Waals surface area contributed by atoms with Gasteiger partial charge in [-0.05, 0) is 24.6 Å². The largest absolute Gasteiger partial charge is 0.369 e. The van der Waals surface area contributed by atoms with Crippen LogP contribution in [0.3, 0.4) is 0 Å². The molecule has 0 N–H and O–H groups in total. The molecule has 106 valence electrons. The minimum Gasteiger partial charge on any atom is -0.369 e. The molecule has 0 unspecified atom stereocenters. The predicted octanol–water partition coefficient (Wildman–Crippen LogP) is 0.923. The summed E-state index contributed by atoms with van der Waals surface area (Å²) >= 11 is 0. The zero-order chi connectivity index (χ0) is 14.0. The van der Waals surface area contributed by atoms with Crippen LogP contribution in [0.2, 0.25) is 0 Å². The fourth-order valence-electron chi connectivity index (χ4n) is 2.23. The lowest BCUT2D eigenvalue weighted by atomic mass is 10.2. The van der Waals surface area contributed by atoms with Gasteiger partial charge in [0.05, 0.1) is 0 Å². The van der Waals surface area contributed by atoms with E-state index in [4.69, 9.17) is 0 Å². The van der Waals surface area contributed by atoms with Crippen LogP contribution in [0.5, 0.6) is 0 Å². The molecule has 5 nitrogen and oxygen atoms in total. The van der Waals surface area contributed by atoms with E-state index in [0.29, 0.717) is 13.1 Å². The molecule has 19 heavy (non-hydrogen) atoms. The van der Waals surface area contributed by atoms with Crippen LogP contribution in [0, 0.1) is 6.92 Å². The molecular weight excluding hydrogens is 262 g/mol. The number of nitrogens with zero attached hydrogens (tertiary/aromatic N) is 3. The van der Waals surface area contributed by atoms with Crippen molar-refractivity contribution in [3.63, 3.8) is 0 Å². The van der Waals surface area contributed by atoms with E-state index in [1.165, 1.54) is 15.6 Å². The van der Waals surface area contributed by atoms with E-state index < -0.39 is 10.2 Å². The molecule has 1 aromatic carbocycles. The summed E-state index contributed by atoms with van der Waals surface area (Å²) in [6.07, 6.45) is 0. The van der Waals surface area contributed by atoms with E-state index in [1.54, 1.807) is 18.4 Å². The van der Waals surface area contributed by atoms with Crippen molar-refractivity contribution in [2.24, 2.45) is 0 Å². The molecule has 1 fully saturated rings. The Balaban J connectivity index is 2.04. The number of hydrogen-bond donors (Lipinski definition) is 0. The van der Waals surface area contributed by atoms with Crippen molar-refractivity contribution >= 4 is 15.9 Å². The third-order valence-electron chi connectivity index (χ3n) is 3.39. The van der Waals surface area contributed by atoms with Crippen LogP contribution in [0.4, 0.5) is 5.69 Å². The topological polar surface area (TPSA) is 43.9 Å². The van der Waals surface area contributed by atoms with Gasteiger partial charge >= 0.3 is 0 Å². The Morgan fingerprint density at radius 3 is 2.26 bits per heavy atom. The lowest BCUT2D eigenvalue weighted by Crippen LogP contribution is -2.51. The van der Waals surface area contributed by atoms with Crippen LogP contribution in [-0.4, -0.2) is 57.3 Å². The maximum atomic E-state index is 12.0. The number of hydrogen-bond acceptors (Lipinski definition) is 3. The monoisotopic (exact) mass is 283 g/mol. The van der Waals surface area contributed by atoms with E-state index in [0.717, 1.165) is 13.1 Å². The summed E-state index contributed by atoms with van der Waals surface area (Å²) in [4.78, 5) is 2.23. The van der Waals surface area contributed by atoms with Gasteiger partial charge < -0.3 is 4.90 Å². The first-order valence-electron chi connectivity index (χ1n) is 6.40. The van der Waals surface area contributed by atoms with Crippen LogP contribution < -0.4 is 4.90 Å². The maximum Gasteiger partial charge on any atom is 0.281 e. The zero-order valence-corrected chi connectivity index (χ0v) is 12.5. The van der Waals surface area contributed by atoms with E-state index in [-0.39, 0.29) is 0 Å². The number of rotatable bonds is 3. The molecule has 0 radical (unpaired) electrons. The van der Waals surface area contributed by atoms with Gasteiger partial charge in [-0.15, -0.1) is 0 Å². The number of benzene rings is 1. The molecule has 2 rings (SSSR count). The van der Waals surface area contributed by atoms with E-state index in [1.807, 2.05) is 6.07 Å². The molecule has 0 amide bonds. The summed E-state index contributed by atoms with van der Waals surface area (Å²) in [5.41, 5.74) is 2.39. The zero-order valence-electron chi connectivity index (χ0n) is 11.7. The van der Waals surface area contributed by atoms with Crippen LogP contribution in [0.1, 0.15) is 5.56 Å². The molecule has 1 saturated heterocycles. The first kappa shape index (κ1) is 14.3. The first-order valence-corrected chi connectivity index (χ1v) is 7.80. The van der Waals surface area contributed by atoms with Crippen LogP contribution >= 0.6 is 0 Å². The summed E-state index contributed by atoms with van der Waals surface area (Å²) in [5.74, 6) is 0. The van der Waals surface area contributed by atoms with Gasteiger partial charge in [-0.3, -0.25) is 0 Å². The number of piperazine rings is 1. The second-order valence-corrected chi connectivity index (χ2v) is 7.16. The standard InChI is InChI=1S/C13H21N3O2S/c1-12-5-4-6-13(11-12)15-7-9-16(10-8-15)19(17,18)14(2)3/h4-6,11H,7-10H2,1-3H3. The van der Waals surface area contributed by atoms with E-state index in [9.17, 15) is 8.42 Å². The lowest BCUT2D eigenvalue weighted by Gasteiger charge is -2.36. The molecule has 0 aliphatic carbocycles. The molecular formula is C13H21N3O2S. The normalized spacial score (nSPS) is 18.0. The van der Waals surface area contributed by atoms with Gasteiger partial charge in [-0.2, -0.15) is 17.0 Å². The molecule has 0 saturated carbocycles. The Hall–Kier alpha value is -1.11. The van der Waals surface area contributed by atoms with Crippen molar-refractivity contribution in [2.75, 3.05) is 45.2 Å². The molecule has 1 heterocycles. The Morgan fingerprint density at radius 2 is 1.74 bits per heavy atom. The summed E-state index contributed by atoms with van der Waals surface area (Å²) in [7, 11) is -0.130. The van der Waals surface area contributed by atoms with E-state index in [2.05, 4.69) is 30.0 Å². The maximum absolute atomic E-state index is 12.0. The van der Waals surface area contributed by atoms with Gasteiger partial charge in [0.15, 0.2) is 0 Å². The summed E-state index contributed by atoms with van der Waals surface area (Å²) in [5, 5.41) is 0.